The van der Waals surface area contributed by atoms with E-state index in [-0.39, 0.29) is 0 Å². The molecular formula is C16H27NS. The van der Waals surface area contributed by atoms with Crippen molar-refractivity contribution in [3.63, 3.8) is 0 Å². The van der Waals surface area contributed by atoms with Crippen LogP contribution in [0.1, 0.15) is 63.1 Å². The van der Waals surface area contributed by atoms with Gasteiger partial charge in [-0.15, -0.1) is 11.3 Å². The molecule has 1 aromatic heterocycles. The van der Waals surface area contributed by atoms with Gasteiger partial charge in [0.15, 0.2) is 0 Å². The van der Waals surface area contributed by atoms with E-state index in [2.05, 4.69) is 45.1 Å². The molecule has 2 heteroatoms. The average Bonchev–Trinajstić information content (AvgIpc) is 2.86. The molecule has 0 saturated heterocycles. The third-order valence-electron chi connectivity index (χ3n) is 3.94. The van der Waals surface area contributed by atoms with Crippen LogP contribution < -0.4 is 5.32 Å². The number of rotatable bonds is 6. The highest BCUT2D eigenvalue weighted by molar-refractivity contribution is 7.12. The van der Waals surface area contributed by atoms with Gasteiger partial charge < -0.3 is 5.32 Å². The summed E-state index contributed by atoms with van der Waals surface area (Å²) in [5, 5.41) is 3.66. The van der Waals surface area contributed by atoms with E-state index < -0.39 is 0 Å². The first kappa shape index (κ1) is 14.1. The summed E-state index contributed by atoms with van der Waals surface area (Å²) in [4.78, 5) is 2.97. The molecule has 1 saturated carbocycles. The van der Waals surface area contributed by atoms with E-state index in [1.165, 1.54) is 42.0 Å². The van der Waals surface area contributed by atoms with Gasteiger partial charge in [0.25, 0.3) is 0 Å². The lowest BCUT2D eigenvalue weighted by atomic mass is 9.95. The van der Waals surface area contributed by atoms with Gasteiger partial charge in [-0.25, -0.2) is 0 Å². The third-order valence-corrected chi connectivity index (χ3v) is 5.45. The second kappa shape index (κ2) is 5.34. The van der Waals surface area contributed by atoms with E-state index in [1.807, 2.05) is 11.3 Å². The van der Waals surface area contributed by atoms with Crippen LogP contribution >= 0.6 is 11.3 Å². The highest BCUT2D eigenvalue weighted by atomic mass is 32.1. The molecule has 1 fully saturated rings. The first-order chi connectivity index (χ1) is 8.45. The fraction of sp³-hybridized carbons (Fsp3) is 0.750. The molecule has 0 atom stereocenters. The van der Waals surface area contributed by atoms with E-state index in [1.54, 1.807) is 0 Å². The first-order valence-corrected chi connectivity index (χ1v) is 8.07. The molecule has 1 heterocycles. The summed E-state index contributed by atoms with van der Waals surface area (Å²) in [6.07, 6.45) is 5.60. The van der Waals surface area contributed by atoms with Gasteiger partial charge in [0.1, 0.15) is 0 Å². The van der Waals surface area contributed by atoms with Crippen LogP contribution in [0.2, 0.25) is 0 Å². The van der Waals surface area contributed by atoms with Crippen molar-refractivity contribution in [1.29, 1.82) is 0 Å². The fourth-order valence-electron chi connectivity index (χ4n) is 2.55. The fourth-order valence-corrected chi connectivity index (χ4v) is 3.58. The SMILES string of the molecule is CCCC1(CNCc2ccc(C(C)(C)C)s2)CC1. The summed E-state index contributed by atoms with van der Waals surface area (Å²) in [6, 6.07) is 4.58. The van der Waals surface area contributed by atoms with E-state index in [4.69, 9.17) is 0 Å². The monoisotopic (exact) mass is 265 g/mol. The maximum Gasteiger partial charge on any atom is 0.0300 e. The molecule has 0 aliphatic heterocycles. The van der Waals surface area contributed by atoms with Gasteiger partial charge in [0, 0.05) is 22.8 Å². The molecule has 2 rings (SSSR count). The van der Waals surface area contributed by atoms with Crippen molar-refractivity contribution in [1.82, 2.24) is 5.32 Å². The van der Waals surface area contributed by atoms with Gasteiger partial charge in [-0.3, -0.25) is 0 Å². The zero-order chi connectivity index (χ0) is 13.2. The third kappa shape index (κ3) is 3.58. The maximum atomic E-state index is 3.66. The summed E-state index contributed by atoms with van der Waals surface area (Å²) in [5.74, 6) is 0. The van der Waals surface area contributed by atoms with Crippen LogP contribution in [0.15, 0.2) is 12.1 Å². The molecule has 0 spiro atoms. The lowest BCUT2D eigenvalue weighted by molar-refractivity contribution is 0.421. The molecule has 1 nitrogen and oxygen atoms in total. The topological polar surface area (TPSA) is 12.0 Å². The van der Waals surface area contributed by atoms with Crippen LogP contribution in [-0.2, 0) is 12.0 Å². The molecule has 1 aromatic rings. The summed E-state index contributed by atoms with van der Waals surface area (Å²) < 4.78 is 0. The van der Waals surface area contributed by atoms with Crippen LogP contribution in [0, 0.1) is 5.41 Å². The Morgan fingerprint density at radius 2 is 2.00 bits per heavy atom. The zero-order valence-corrected chi connectivity index (χ0v) is 13.1. The first-order valence-electron chi connectivity index (χ1n) is 7.25. The molecule has 1 N–H and O–H groups in total. The van der Waals surface area contributed by atoms with Crippen LogP contribution in [-0.4, -0.2) is 6.54 Å². The molecule has 0 bridgehead atoms. The van der Waals surface area contributed by atoms with Crippen molar-refractivity contribution in [2.24, 2.45) is 5.41 Å². The Morgan fingerprint density at radius 3 is 2.50 bits per heavy atom. The maximum absolute atomic E-state index is 3.66. The largest absolute Gasteiger partial charge is 0.311 e. The minimum Gasteiger partial charge on any atom is -0.311 e. The summed E-state index contributed by atoms with van der Waals surface area (Å²) in [6.45, 7) is 11.4. The predicted molar refractivity (Wildman–Crippen MR) is 81.3 cm³/mol. The van der Waals surface area contributed by atoms with Crippen LogP contribution in [0.5, 0.6) is 0 Å². The second-order valence-corrected chi connectivity index (χ2v) is 8.04. The number of nitrogens with one attached hydrogen (secondary N) is 1. The normalized spacial score (nSPS) is 18.0. The van der Waals surface area contributed by atoms with E-state index >= 15 is 0 Å². The molecule has 0 amide bonds. The minimum atomic E-state index is 0.294. The van der Waals surface area contributed by atoms with Gasteiger partial charge in [-0.2, -0.15) is 0 Å². The van der Waals surface area contributed by atoms with E-state index in [0.29, 0.717) is 10.8 Å². The van der Waals surface area contributed by atoms with E-state index in [9.17, 15) is 0 Å². The van der Waals surface area contributed by atoms with Gasteiger partial charge in [-0.1, -0.05) is 34.1 Å². The summed E-state index contributed by atoms with van der Waals surface area (Å²) in [7, 11) is 0. The summed E-state index contributed by atoms with van der Waals surface area (Å²) >= 11 is 1.96. The van der Waals surface area contributed by atoms with Crippen molar-refractivity contribution < 1.29 is 0 Å². The summed E-state index contributed by atoms with van der Waals surface area (Å²) in [5.41, 5.74) is 0.960. The Bertz CT molecular complexity index is 382. The minimum absolute atomic E-state index is 0.294. The van der Waals surface area contributed by atoms with Gasteiger partial charge in [0.2, 0.25) is 0 Å². The number of hydrogen-bond acceptors (Lipinski definition) is 2. The van der Waals surface area contributed by atoms with Crippen LogP contribution in [0.4, 0.5) is 0 Å². The number of hydrogen-bond donors (Lipinski definition) is 1. The Balaban J connectivity index is 1.79. The van der Waals surface area contributed by atoms with Crippen molar-refractivity contribution >= 4 is 11.3 Å². The van der Waals surface area contributed by atoms with Crippen LogP contribution in [0.25, 0.3) is 0 Å². The Labute approximate surface area is 116 Å². The molecule has 102 valence electrons. The highest BCUT2D eigenvalue weighted by Crippen LogP contribution is 2.48. The van der Waals surface area contributed by atoms with Crippen molar-refractivity contribution in [2.75, 3.05) is 6.54 Å². The van der Waals surface area contributed by atoms with E-state index in [0.717, 1.165) is 6.54 Å². The average molecular weight is 265 g/mol. The van der Waals surface area contributed by atoms with Crippen molar-refractivity contribution in [2.45, 2.75) is 65.3 Å². The van der Waals surface area contributed by atoms with Gasteiger partial charge in [0.05, 0.1) is 0 Å². The molecular weight excluding hydrogens is 238 g/mol. The molecule has 18 heavy (non-hydrogen) atoms. The zero-order valence-electron chi connectivity index (χ0n) is 12.3. The Morgan fingerprint density at radius 1 is 1.28 bits per heavy atom. The lowest BCUT2D eigenvalue weighted by Crippen LogP contribution is -2.23. The van der Waals surface area contributed by atoms with Crippen LogP contribution in [0.3, 0.4) is 0 Å². The number of thiophene rings is 1. The highest BCUT2D eigenvalue weighted by Gasteiger charge is 2.40. The lowest BCUT2D eigenvalue weighted by Gasteiger charge is -2.16. The predicted octanol–water partition coefficient (Wildman–Crippen LogP) is 4.72. The Kier molecular flexibility index (Phi) is 4.18. The van der Waals surface area contributed by atoms with Gasteiger partial charge >= 0.3 is 0 Å². The Hall–Kier alpha value is -0.340. The quantitative estimate of drug-likeness (QED) is 0.785. The second-order valence-electron chi connectivity index (χ2n) is 6.87. The smallest absolute Gasteiger partial charge is 0.0300 e. The molecule has 1 aliphatic rings. The molecule has 0 radical (unpaired) electrons. The van der Waals surface area contributed by atoms with Crippen molar-refractivity contribution in [3.05, 3.63) is 21.9 Å². The standard InChI is InChI=1S/C16H27NS/c1-5-8-16(9-10-16)12-17-11-13-6-7-14(18-13)15(2,3)4/h6-7,17H,5,8-12H2,1-4H3. The molecule has 0 aromatic carbocycles. The molecule has 0 unspecified atom stereocenters. The molecule has 1 aliphatic carbocycles. The van der Waals surface area contributed by atoms with Gasteiger partial charge in [-0.05, 0) is 42.2 Å². The van der Waals surface area contributed by atoms with Crippen molar-refractivity contribution in [3.8, 4) is 0 Å².